The first-order valence-corrected chi connectivity index (χ1v) is 8.45. The first kappa shape index (κ1) is 21.0. The number of rotatable bonds is 7. The number of nitro groups is 1. The third-order valence-electron chi connectivity index (χ3n) is 3.79. The summed E-state index contributed by atoms with van der Waals surface area (Å²) in [6.07, 6.45) is 0.402. The van der Waals surface area contributed by atoms with E-state index in [0.717, 1.165) is 5.56 Å². The molecule has 0 bridgehead atoms. The number of non-ortho nitro benzene ring substituents is 1. The van der Waals surface area contributed by atoms with Crippen molar-refractivity contribution in [2.75, 3.05) is 13.2 Å². The maximum absolute atomic E-state index is 10.6. The first-order valence-electron chi connectivity index (χ1n) is 8.45. The Morgan fingerprint density at radius 1 is 1.18 bits per heavy atom. The van der Waals surface area contributed by atoms with Crippen molar-refractivity contribution in [3.8, 4) is 5.75 Å². The number of nitrogens with one attached hydrogen (secondary N) is 2. The molecule has 0 saturated carbocycles. The van der Waals surface area contributed by atoms with Crippen LogP contribution in [0.15, 0.2) is 64.6 Å². The number of halogens is 1. The number of guanidine groups is 2. The highest BCUT2D eigenvalue weighted by Gasteiger charge is 2.17. The van der Waals surface area contributed by atoms with Gasteiger partial charge in [0.05, 0.1) is 11.5 Å². The van der Waals surface area contributed by atoms with E-state index < -0.39 is 4.92 Å². The van der Waals surface area contributed by atoms with Gasteiger partial charge in [-0.2, -0.15) is 0 Å². The number of benzene rings is 2. The molecule has 1 unspecified atom stereocenters. The number of nitrogens with zero attached hydrogens (tertiary/aromatic N) is 3. The van der Waals surface area contributed by atoms with Gasteiger partial charge in [-0.05, 0) is 17.7 Å². The maximum Gasteiger partial charge on any atom is 0.269 e. The second-order valence-corrected chi connectivity index (χ2v) is 5.78. The summed E-state index contributed by atoms with van der Waals surface area (Å²) in [7, 11) is 0. The Labute approximate surface area is 168 Å². The summed E-state index contributed by atoms with van der Waals surface area (Å²) in [6.45, 7) is 0.970. The molecule has 0 saturated heterocycles. The summed E-state index contributed by atoms with van der Waals surface area (Å²) in [5.74, 6) is 1.46. The summed E-state index contributed by atoms with van der Waals surface area (Å²) in [5, 5.41) is 16.7. The highest BCUT2D eigenvalue weighted by molar-refractivity contribution is 5.99. The smallest absolute Gasteiger partial charge is 0.269 e. The quantitative estimate of drug-likeness (QED) is 0.369. The molecule has 0 radical (unpaired) electrons. The molecule has 1 aliphatic heterocycles. The van der Waals surface area contributed by atoms with Gasteiger partial charge in [-0.25, -0.2) is 4.99 Å². The predicted octanol–water partition coefficient (Wildman–Crippen LogP) is 2.35. The zero-order valence-corrected chi connectivity index (χ0v) is 15.8. The van der Waals surface area contributed by atoms with Gasteiger partial charge in [0.1, 0.15) is 5.75 Å². The van der Waals surface area contributed by atoms with Crippen LogP contribution in [0.5, 0.6) is 5.75 Å². The Hall–Kier alpha value is -3.33. The van der Waals surface area contributed by atoms with Crippen LogP contribution in [0.1, 0.15) is 18.2 Å². The van der Waals surface area contributed by atoms with Gasteiger partial charge in [0.25, 0.3) is 5.69 Å². The van der Waals surface area contributed by atoms with Gasteiger partial charge in [0, 0.05) is 25.1 Å². The maximum atomic E-state index is 10.6. The predicted molar refractivity (Wildman–Crippen MR) is 110 cm³/mol. The molecule has 1 atom stereocenters. The highest BCUT2D eigenvalue weighted by Crippen LogP contribution is 2.17. The highest BCUT2D eigenvalue weighted by atomic mass is 35.5. The average molecular weight is 405 g/mol. The van der Waals surface area contributed by atoms with Crippen LogP contribution in [-0.4, -0.2) is 30.0 Å². The van der Waals surface area contributed by atoms with Gasteiger partial charge in [0.2, 0.25) is 0 Å². The van der Waals surface area contributed by atoms with Crippen LogP contribution < -0.4 is 21.1 Å². The number of nitro benzene ring substituents is 1. The fraction of sp³-hybridized carbons (Fsp3) is 0.222. The van der Waals surface area contributed by atoms with Crippen LogP contribution in [-0.2, 0) is 0 Å². The molecular formula is C18H21ClN6O3. The molecule has 28 heavy (non-hydrogen) atoms. The molecule has 3 rings (SSSR count). The summed E-state index contributed by atoms with van der Waals surface area (Å²) in [5.41, 5.74) is 6.87. The van der Waals surface area contributed by atoms with Crippen LogP contribution in [0.4, 0.5) is 5.69 Å². The van der Waals surface area contributed by atoms with Crippen molar-refractivity contribution in [1.82, 2.24) is 10.6 Å². The summed E-state index contributed by atoms with van der Waals surface area (Å²) in [6, 6.07) is 15.7. The minimum absolute atomic E-state index is 0. The molecule has 2 aromatic rings. The minimum atomic E-state index is -0.443. The average Bonchev–Trinajstić information content (AvgIpc) is 2.68. The zero-order valence-electron chi connectivity index (χ0n) is 14.9. The Morgan fingerprint density at radius 3 is 2.57 bits per heavy atom. The Bertz CT molecular complexity index is 842. The minimum Gasteiger partial charge on any atom is -0.494 e. The third-order valence-corrected chi connectivity index (χ3v) is 3.79. The van der Waals surface area contributed by atoms with E-state index >= 15 is 0 Å². The van der Waals surface area contributed by atoms with Crippen LogP contribution in [0.3, 0.4) is 0 Å². The Balaban J connectivity index is 0.00000280. The lowest BCUT2D eigenvalue weighted by Crippen LogP contribution is -2.50. The number of aliphatic imine (C=N–C) groups is 2. The van der Waals surface area contributed by atoms with E-state index in [1.54, 1.807) is 12.1 Å². The monoisotopic (exact) mass is 404 g/mol. The van der Waals surface area contributed by atoms with Crippen molar-refractivity contribution in [2.24, 2.45) is 15.7 Å². The van der Waals surface area contributed by atoms with E-state index in [1.165, 1.54) is 12.1 Å². The van der Waals surface area contributed by atoms with Crippen molar-refractivity contribution < 1.29 is 9.66 Å². The van der Waals surface area contributed by atoms with Gasteiger partial charge >= 0.3 is 0 Å². The molecule has 1 aliphatic rings. The zero-order chi connectivity index (χ0) is 19.1. The third kappa shape index (κ3) is 5.85. The molecule has 0 aliphatic carbocycles. The summed E-state index contributed by atoms with van der Waals surface area (Å²) in [4.78, 5) is 18.9. The van der Waals surface area contributed by atoms with E-state index in [9.17, 15) is 10.1 Å². The van der Waals surface area contributed by atoms with E-state index in [-0.39, 0.29) is 24.3 Å². The second kappa shape index (κ2) is 10.1. The summed E-state index contributed by atoms with van der Waals surface area (Å²) >= 11 is 0. The van der Waals surface area contributed by atoms with Gasteiger partial charge in [-0.15, -0.1) is 12.4 Å². The lowest BCUT2D eigenvalue weighted by Gasteiger charge is -2.24. The van der Waals surface area contributed by atoms with Crippen molar-refractivity contribution in [2.45, 2.75) is 12.6 Å². The first-order chi connectivity index (χ1) is 13.1. The van der Waals surface area contributed by atoms with Gasteiger partial charge in [0.15, 0.2) is 18.1 Å². The largest absolute Gasteiger partial charge is 0.494 e. The molecule has 2 aromatic carbocycles. The molecule has 0 spiro atoms. The molecule has 10 heteroatoms. The van der Waals surface area contributed by atoms with E-state index in [4.69, 9.17) is 10.5 Å². The van der Waals surface area contributed by atoms with Gasteiger partial charge in [-0.3, -0.25) is 20.4 Å². The van der Waals surface area contributed by atoms with Crippen LogP contribution in [0.2, 0.25) is 0 Å². The standard InChI is InChI=1S/C18H20N6O3.ClH/c19-17-21-16(13-5-2-1-3-6-13)22-18(23-17)20-11-4-12-27-15-9-7-14(8-10-15)24(25)26;/h1-3,5-10,16H,4,11-12H2,(H4,19,20,21,22,23);1H. The normalized spacial score (nSPS) is 16.9. The lowest BCUT2D eigenvalue weighted by atomic mass is 10.2. The fourth-order valence-electron chi connectivity index (χ4n) is 2.48. The molecule has 9 nitrogen and oxygen atoms in total. The van der Waals surface area contributed by atoms with E-state index in [1.807, 2.05) is 30.3 Å². The topological polar surface area (TPSA) is 127 Å². The number of nitrogens with two attached hydrogens (primary N) is 1. The SMILES string of the molecule is Cl.NC1=NC(c2ccccc2)NC(=NCCCOc2ccc([N+](=O)[O-])cc2)N1. The van der Waals surface area contributed by atoms with Crippen molar-refractivity contribution >= 4 is 30.0 Å². The molecule has 0 amide bonds. The van der Waals surface area contributed by atoms with Gasteiger partial charge in [-0.1, -0.05) is 30.3 Å². The number of hydrogen-bond acceptors (Lipinski definition) is 6. The van der Waals surface area contributed by atoms with Gasteiger partial charge < -0.3 is 15.8 Å². The second-order valence-electron chi connectivity index (χ2n) is 5.78. The summed E-state index contributed by atoms with van der Waals surface area (Å²) < 4.78 is 5.56. The number of hydrogen-bond donors (Lipinski definition) is 3. The van der Waals surface area contributed by atoms with Crippen molar-refractivity contribution in [1.29, 1.82) is 0 Å². The molecular weight excluding hydrogens is 384 g/mol. The molecule has 0 aromatic heterocycles. The molecule has 4 N–H and O–H groups in total. The fourth-order valence-corrected chi connectivity index (χ4v) is 2.48. The van der Waals surface area contributed by atoms with Crippen molar-refractivity contribution in [3.63, 3.8) is 0 Å². The van der Waals surface area contributed by atoms with Crippen LogP contribution in [0.25, 0.3) is 0 Å². The lowest BCUT2D eigenvalue weighted by molar-refractivity contribution is -0.384. The molecule has 0 fully saturated rings. The van der Waals surface area contributed by atoms with Crippen molar-refractivity contribution in [3.05, 3.63) is 70.3 Å². The Morgan fingerprint density at radius 2 is 1.89 bits per heavy atom. The Kier molecular flexibility index (Phi) is 7.58. The number of ether oxygens (including phenoxy) is 1. The molecule has 148 valence electrons. The van der Waals surface area contributed by atoms with Crippen LogP contribution in [0, 0.1) is 10.1 Å². The molecule has 1 heterocycles. The van der Waals surface area contributed by atoms with Crippen LogP contribution >= 0.6 is 12.4 Å². The van der Waals surface area contributed by atoms with E-state index in [0.29, 0.717) is 37.2 Å². The van der Waals surface area contributed by atoms with E-state index in [2.05, 4.69) is 20.6 Å².